The molecule has 37 heavy (non-hydrogen) atoms. The molecule has 0 atom stereocenters. The third kappa shape index (κ3) is 4.31. The van der Waals surface area contributed by atoms with E-state index in [0.29, 0.717) is 73.9 Å². The number of piperazine rings is 1. The second-order valence-electron chi connectivity index (χ2n) is 9.45. The van der Waals surface area contributed by atoms with Crippen LogP contribution in [0.2, 0.25) is 0 Å². The maximum absolute atomic E-state index is 15.4. The van der Waals surface area contributed by atoms with Crippen molar-refractivity contribution >= 4 is 28.1 Å². The lowest BCUT2D eigenvalue weighted by Gasteiger charge is -2.36. The van der Waals surface area contributed by atoms with E-state index in [1.54, 1.807) is 31.2 Å². The summed E-state index contributed by atoms with van der Waals surface area (Å²) in [6.07, 6.45) is 0. The number of aromatic amines is 1. The molecule has 10 nitrogen and oxygen atoms in total. The molecule has 4 aromatic rings. The van der Waals surface area contributed by atoms with Crippen molar-refractivity contribution in [1.82, 2.24) is 29.8 Å². The number of H-pyrrole nitrogens is 1. The summed E-state index contributed by atoms with van der Waals surface area (Å²) >= 11 is 0. The number of fused-ring (bicyclic) bond motifs is 3. The number of hydrogen-bond donors (Lipinski definition) is 2. The SMILES string of the molecule is Cc1cc2c(=O)[nH]c3c(F)c(CN4CCN(c5ccc(C(=O)NC6COC6)nc5F)CC4)ccc3n2n1. The van der Waals surface area contributed by atoms with Crippen LogP contribution in [0.15, 0.2) is 35.1 Å². The van der Waals surface area contributed by atoms with Gasteiger partial charge < -0.3 is 19.9 Å². The van der Waals surface area contributed by atoms with E-state index < -0.39 is 23.2 Å². The zero-order chi connectivity index (χ0) is 25.7. The van der Waals surface area contributed by atoms with Gasteiger partial charge in [-0.2, -0.15) is 9.49 Å². The monoisotopic (exact) mass is 509 g/mol. The first-order valence-corrected chi connectivity index (χ1v) is 12.1. The van der Waals surface area contributed by atoms with Gasteiger partial charge in [0.25, 0.3) is 11.5 Å². The normalized spacial score (nSPS) is 16.9. The van der Waals surface area contributed by atoms with E-state index in [2.05, 4.69) is 25.3 Å². The number of rotatable bonds is 5. The summed E-state index contributed by atoms with van der Waals surface area (Å²) < 4.78 is 36.7. The third-order valence-electron chi connectivity index (χ3n) is 6.87. The topological polar surface area (TPSA) is 108 Å². The summed E-state index contributed by atoms with van der Waals surface area (Å²) in [7, 11) is 0. The lowest BCUT2D eigenvalue weighted by atomic mass is 10.1. The summed E-state index contributed by atoms with van der Waals surface area (Å²) in [6.45, 7) is 5.21. The first-order chi connectivity index (χ1) is 17.9. The Bertz CT molecular complexity index is 1570. The van der Waals surface area contributed by atoms with E-state index in [1.807, 2.05) is 4.90 Å². The number of carbonyl (C=O) groups is 1. The van der Waals surface area contributed by atoms with Crippen LogP contribution in [0.25, 0.3) is 16.6 Å². The van der Waals surface area contributed by atoms with Gasteiger partial charge in [-0.05, 0) is 31.2 Å². The Hall–Kier alpha value is -3.90. The van der Waals surface area contributed by atoms with Crippen LogP contribution in [0.5, 0.6) is 0 Å². The maximum atomic E-state index is 15.4. The van der Waals surface area contributed by atoms with E-state index in [1.165, 1.54) is 10.6 Å². The van der Waals surface area contributed by atoms with Gasteiger partial charge in [0.05, 0.1) is 36.2 Å². The van der Waals surface area contributed by atoms with Gasteiger partial charge in [-0.1, -0.05) is 6.07 Å². The summed E-state index contributed by atoms with van der Waals surface area (Å²) in [5, 5.41) is 7.07. The second kappa shape index (κ2) is 9.20. The Morgan fingerprint density at radius 2 is 1.92 bits per heavy atom. The van der Waals surface area contributed by atoms with E-state index in [9.17, 15) is 14.0 Å². The zero-order valence-electron chi connectivity index (χ0n) is 20.1. The van der Waals surface area contributed by atoms with E-state index in [-0.39, 0.29) is 17.3 Å². The Labute approximate surface area is 209 Å². The number of hydrogen-bond acceptors (Lipinski definition) is 7. The average molecular weight is 510 g/mol. The number of carbonyl (C=O) groups excluding carboxylic acids is 1. The van der Waals surface area contributed by atoms with Crippen molar-refractivity contribution in [2.45, 2.75) is 19.5 Å². The molecule has 2 saturated heterocycles. The number of nitrogens with one attached hydrogen (secondary N) is 2. The van der Waals surface area contributed by atoms with Gasteiger partial charge in [-0.25, -0.2) is 13.9 Å². The third-order valence-corrected chi connectivity index (χ3v) is 6.87. The molecule has 2 N–H and O–H groups in total. The van der Waals surface area contributed by atoms with Crippen LogP contribution < -0.4 is 15.8 Å². The number of ether oxygens (including phenoxy) is 1. The highest BCUT2D eigenvalue weighted by Gasteiger charge is 2.25. The summed E-state index contributed by atoms with van der Waals surface area (Å²) in [6, 6.07) is 8.16. The first-order valence-electron chi connectivity index (χ1n) is 12.1. The molecule has 2 aliphatic heterocycles. The van der Waals surface area contributed by atoms with E-state index in [4.69, 9.17) is 4.74 Å². The fourth-order valence-electron chi connectivity index (χ4n) is 4.80. The van der Waals surface area contributed by atoms with Gasteiger partial charge in [-0.15, -0.1) is 0 Å². The quantitative estimate of drug-likeness (QED) is 0.394. The number of amides is 1. The van der Waals surface area contributed by atoms with Gasteiger partial charge in [0.2, 0.25) is 5.95 Å². The number of halogens is 2. The highest BCUT2D eigenvalue weighted by atomic mass is 19.1. The van der Waals surface area contributed by atoms with Crippen molar-refractivity contribution in [1.29, 1.82) is 0 Å². The van der Waals surface area contributed by atoms with Crippen LogP contribution in [0, 0.1) is 18.7 Å². The molecule has 1 amide bonds. The average Bonchev–Trinajstić information content (AvgIpc) is 3.26. The second-order valence-corrected chi connectivity index (χ2v) is 9.45. The molecule has 2 fully saturated rings. The van der Waals surface area contributed by atoms with Crippen LogP contribution in [0.1, 0.15) is 21.7 Å². The molecule has 0 aliphatic carbocycles. The van der Waals surface area contributed by atoms with Crippen molar-refractivity contribution < 1.29 is 18.3 Å². The summed E-state index contributed by atoms with van der Waals surface area (Å²) in [4.78, 5) is 35.1. The lowest BCUT2D eigenvalue weighted by Crippen LogP contribution is -2.48. The predicted octanol–water partition coefficient (Wildman–Crippen LogP) is 1.61. The Balaban J connectivity index is 1.14. The fourth-order valence-corrected chi connectivity index (χ4v) is 4.80. The summed E-state index contributed by atoms with van der Waals surface area (Å²) in [5.74, 6) is -1.61. The predicted molar refractivity (Wildman–Crippen MR) is 132 cm³/mol. The zero-order valence-corrected chi connectivity index (χ0v) is 20.1. The molecule has 6 rings (SSSR count). The molecule has 192 valence electrons. The van der Waals surface area contributed by atoms with Crippen molar-refractivity contribution in [3.63, 3.8) is 0 Å². The highest BCUT2D eigenvalue weighted by molar-refractivity contribution is 5.92. The van der Waals surface area contributed by atoms with Crippen molar-refractivity contribution in [3.05, 3.63) is 69.4 Å². The molecule has 12 heteroatoms. The van der Waals surface area contributed by atoms with Crippen molar-refractivity contribution in [2.24, 2.45) is 0 Å². The first kappa shape index (κ1) is 23.5. The number of aromatic nitrogens is 4. The van der Waals surface area contributed by atoms with Crippen LogP contribution in [-0.4, -0.2) is 75.8 Å². The standard InChI is InChI=1S/C25H25F2N7O3/c1-14-10-20-25(36)30-22-18(34(20)31-14)4-2-15(21(22)26)11-32-6-8-33(9-7-32)19-5-3-17(29-23(19)27)24(35)28-16-12-37-13-16/h2-5,10,16H,6-9,11-13H2,1H3,(H,28,35)(H,30,36). The number of benzene rings is 1. The molecule has 0 spiro atoms. The van der Waals surface area contributed by atoms with E-state index in [0.717, 1.165) is 0 Å². The van der Waals surface area contributed by atoms with Gasteiger partial charge in [0, 0.05) is 38.3 Å². The Kier molecular flexibility index (Phi) is 5.84. The maximum Gasteiger partial charge on any atom is 0.274 e. The van der Waals surface area contributed by atoms with Gasteiger partial charge in [-0.3, -0.25) is 14.5 Å². The van der Waals surface area contributed by atoms with Gasteiger partial charge in [0.1, 0.15) is 16.7 Å². The van der Waals surface area contributed by atoms with Crippen molar-refractivity contribution in [2.75, 3.05) is 44.3 Å². The molecule has 0 radical (unpaired) electrons. The molecule has 0 bridgehead atoms. The number of anilines is 1. The molecule has 2 aliphatic rings. The highest BCUT2D eigenvalue weighted by Crippen LogP contribution is 2.23. The molecular formula is C25H25F2N7O3. The summed E-state index contributed by atoms with van der Waals surface area (Å²) in [5.41, 5.74) is 2.09. The molecule has 0 unspecified atom stereocenters. The largest absolute Gasteiger partial charge is 0.377 e. The van der Waals surface area contributed by atoms with Crippen molar-refractivity contribution in [3.8, 4) is 0 Å². The van der Waals surface area contributed by atoms with E-state index >= 15 is 4.39 Å². The molecular weight excluding hydrogens is 484 g/mol. The molecule has 1 aromatic carbocycles. The van der Waals surface area contributed by atoms with Crippen LogP contribution in [-0.2, 0) is 11.3 Å². The van der Waals surface area contributed by atoms with Crippen LogP contribution >= 0.6 is 0 Å². The molecule has 3 aromatic heterocycles. The number of aryl methyl sites for hydroxylation is 1. The smallest absolute Gasteiger partial charge is 0.274 e. The number of pyridine rings is 1. The molecule has 0 saturated carbocycles. The minimum Gasteiger partial charge on any atom is -0.377 e. The van der Waals surface area contributed by atoms with Gasteiger partial charge >= 0.3 is 0 Å². The lowest BCUT2D eigenvalue weighted by molar-refractivity contribution is -0.00356. The molecule has 5 heterocycles. The van der Waals surface area contributed by atoms with Crippen LogP contribution in [0.4, 0.5) is 14.5 Å². The number of nitrogens with zero attached hydrogens (tertiary/aromatic N) is 5. The Morgan fingerprint density at radius 1 is 1.14 bits per heavy atom. The minimum atomic E-state index is -0.698. The fraction of sp³-hybridized carbons (Fsp3) is 0.360. The van der Waals surface area contributed by atoms with Crippen LogP contribution in [0.3, 0.4) is 0 Å². The van der Waals surface area contributed by atoms with Gasteiger partial charge in [0.15, 0.2) is 5.82 Å². The Morgan fingerprint density at radius 3 is 2.62 bits per heavy atom. The minimum absolute atomic E-state index is 0.0270.